The molecule has 0 spiro atoms. The van der Waals surface area contributed by atoms with Crippen molar-refractivity contribution in [1.82, 2.24) is 4.90 Å². The lowest BCUT2D eigenvalue weighted by Gasteiger charge is -2.27. The monoisotopic (exact) mass is 265 g/mol. The van der Waals surface area contributed by atoms with Gasteiger partial charge in [-0.25, -0.2) is 0 Å². The Morgan fingerprint density at radius 3 is 3.06 bits per heavy atom. The molecule has 0 aliphatic carbocycles. The Morgan fingerprint density at radius 1 is 1.56 bits per heavy atom. The Hall–Kier alpha value is -1.00. The lowest BCUT2D eigenvalue weighted by molar-refractivity contribution is 0.0388. The van der Waals surface area contributed by atoms with Gasteiger partial charge in [-0.05, 0) is 37.0 Å². The summed E-state index contributed by atoms with van der Waals surface area (Å²) in [6.45, 7) is 2.38. The van der Waals surface area contributed by atoms with E-state index in [4.69, 9.17) is 4.74 Å². The maximum atomic E-state index is 12.2. The van der Waals surface area contributed by atoms with Crippen LogP contribution in [0.25, 0.3) is 0 Å². The second kappa shape index (κ2) is 6.25. The molecule has 0 saturated carbocycles. The van der Waals surface area contributed by atoms with E-state index in [0.717, 1.165) is 37.5 Å². The highest BCUT2D eigenvalue weighted by Crippen LogP contribution is 2.16. The van der Waals surface area contributed by atoms with Gasteiger partial charge in [0.25, 0.3) is 5.91 Å². The predicted octanol–water partition coefficient (Wildman–Crippen LogP) is 2.47. The first-order chi connectivity index (χ1) is 8.66. The number of nitrogens with zero attached hydrogens (tertiary/aromatic N) is 1. The molecule has 1 heterocycles. The van der Waals surface area contributed by atoms with Crippen molar-refractivity contribution in [2.75, 3.05) is 26.8 Å². The van der Waals surface area contributed by atoms with E-state index in [1.165, 1.54) is 0 Å². The maximum Gasteiger partial charge on any atom is 0.253 e. The Balaban J connectivity index is 1.95. The SMILES string of the molecule is CN(CC1CCCOC1)C(=O)c1cccc(S)c1. The highest BCUT2D eigenvalue weighted by atomic mass is 32.1. The third-order valence-electron chi connectivity index (χ3n) is 3.23. The van der Waals surface area contributed by atoms with Gasteiger partial charge < -0.3 is 9.64 Å². The van der Waals surface area contributed by atoms with Gasteiger partial charge in [-0.2, -0.15) is 0 Å². The average Bonchev–Trinajstić information content (AvgIpc) is 2.39. The normalized spacial score (nSPS) is 19.6. The third-order valence-corrected chi connectivity index (χ3v) is 3.50. The van der Waals surface area contributed by atoms with Gasteiger partial charge in [-0.3, -0.25) is 4.79 Å². The molecule has 1 saturated heterocycles. The Morgan fingerprint density at radius 2 is 2.39 bits per heavy atom. The van der Waals surface area contributed by atoms with Gasteiger partial charge >= 0.3 is 0 Å². The van der Waals surface area contributed by atoms with Gasteiger partial charge in [0.1, 0.15) is 0 Å². The quantitative estimate of drug-likeness (QED) is 0.851. The van der Waals surface area contributed by atoms with Crippen LogP contribution in [-0.2, 0) is 4.74 Å². The fourth-order valence-corrected chi connectivity index (χ4v) is 2.51. The number of carbonyl (C=O) groups excluding carboxylic acids is 1. The van der Waals surface area contributed by atoms with Crippen molar-refractivity contribution in [3.05, 3.63) is 29.8 Å². The first-order valence-corrected chi connectivity index (χ1v) is 6.74. The Kier molecular flexibility index (Phi) is 4.66. The van der Waals surface area contributed by atoms with Gasteiger partial charge in [0.15, 0.2) is 0 Å². The summed E-state index contributed by atoms with van der Waals surface area (Å²) >= 11 is 4.26. The van der Waals surface area contributed by atoms with Crippen molar-refractivity contribution >= 4 is 18.5 Å². The molecular weight excluding hydrogens is 246 g/mol. The predicted molar refractivity (Wildman–Crippen MR) is 74.2 cm³/mol. The lowest BCUT2D eigenvalue weighted by Crippen LogP contribution is -2.35. The van der Waals surface area contributed by atoms with E-state index in [-0.39, 0.29) is 5.91 Å². The lowest BCUT2D eigenvalue weighted by atomic mass is 10.0. The van der Waals surface area contributed by atoms with Gasteiger partial charge in [0, 0.05) is 30.7 Å². The van der Waals surface area contributed by atoms with Crippen LogP contribution in [0.5, 0.6) is 0 Å². The van der Waals surface area contributed by atoms with Crippen LogP contribution in [-0.4, -0.2) is 37.6 Å². The summed E-state index contributed by atoms with van der Waals surface area (Å²) in [4.78, 5) is 14.8. The van der Waals surface area contributed by atoms with Crippen LogP contribution >= 0.6 is 12.6 Å². The maximum absolute atomic E-state index is 12.2. The van der Waals surface area contributed by atoms with Gasteiger partial charge in [0.05, 0.1) is 6.61 Å². The zero-order valence-corrected chi connectivity index (χ0v) is 11.5. The van der Waals surface area contributed by atoms with Crippen LogP contribution in [0.2, 0.25) is 0 Å². The standard InChI is InChI=1S/C14H19NO2S/c1-15(9-11-4-3-7-17-10-11)14(16)12-5-2-6-13(18)8-12/h2,5-6,8,11,18H,3-4,7,9-10H2,1H3. The number of thiol groups is 1. The molecule has 4 heteroatoms. The molecule has 1 fully saturated rings. The molecule has 98 valence electrons. The molecule has 0 radical (unpaired) electrons. The van der Waals surface area contributed by atoms with Crippen LogP contribution in [0.1, 0.15) is 23.2 Å². The summed E-state index contributed by atoms with van der Waals surface area (Å²) in [6.07, 6.45) is 2.24. The molecule has 0 aromatic heterocycles. The summed E-state index contributed by atoms with van der Waals surface area (Å²) in [5.74, 6) is 0.517. The largest absolute Gasteiger partial charge is 0.381 e. The molecule has 1 aliphatic heterocycles. The zero-order chi connectivity index (χ0) is 13.0. The molecule has 2 rings (SSSR count). The Labute approximate surface area is 114 Å². The van der Waals surface area contributed by atoms with Gasteiger partial charge in [-0.15, -0.1) is 12.6 Å². The minimum atomic E-state index is 0.0523. The number of amides is 1. The molecule has 1 unspecified atom stereocenters. The number of rotatable bonds is 3. The van der Waals surface area contributed by atoms with E-state index in [1.54, 1.807) is 11.0 Å². The van der Waals surface area contributed by atoms with E-state index in [2.05, 4.69) is 12.6 Å². The smallest absolute Gasteiger partial charge is 0.253 e. The molecule has 1 aromatic rings. The summed E-state index contributed by atoms with van der Waals surface area (Å²) < 4.78 is 5.44. The van der Waals surface area contributed by atoms with Crippen molar-refractivity contribution in [1.29, 1.82) is 0 Å². The highest BCUT2D eigenvalue weighted by Gasteiger charge is 2.19. The summed E-state index contributed by atoms with van der Waals surface area (Å²) in [7, 11) is 1.85. The molecule has 0 bridgehead atoms. The van der Waals surface area contributed by atoms with E-state index in [9.17, 15) is 4.79 Å². The van der Waals surface area contributed by atoms with Crippen LogP contribution in [0.3, 0.4) is 0 Å². The van der Waals surface area contributed by atoms with E-state index in [0.29, 0.717) is 11.5 Å². The first-order valence-electron chi connectivity index (χ1n) is 6.29. The summed E-state index contributed by atoms with van der Waals surface area (Å²) in [5.41, 5.74) is 0.696. The first kappa shape index (κ1) is 13.4. The fourth-order valence-electron chi connectivity index (χ4n) is 2.28. The van der Waals surface area contributed by atoms with Crippen LogP contribution in [0, 0.1) is 5.92 Å². The van der Waals surface area contributed by atoms with Crippen molar-refractivity contribution < 1.29 is 9.53 Å². The molecule has 1 atom stereocenters. The average molecular weight is 265 g/mol. The summed E-state index contributed by atoms with van der Waals surface area (Å²) in [6, 6.07) is 7.36. The fraction of sp³-hybridized carbons (Fsp3) is 0.500. The zero-order valence-electron chi connectivity index (χ0n) is 10.6. The van der Waals surface area contributed by atoms with E-state index < -0.39 is 0 Å². The topological polar surface area (TPSA) is 29.5 Å². The molecule has 1 aliphatic rings. The third kappa shape index (κ3) is 3.50. The van der Waals surface area contributed by atoms with E-state index in [1.807, 2.05) is 25.2 Å². The molecule has 1 amide bonds. The molecule has 0 N–H and O–H groups in total. The van der Waals surface area contributed by atoms with Crippen molar-refractivity contribution in [2.24, 2.45) is 5.92 Å². The Bertz CT molecular complexity index is 416. The summed E-state index contributed by atoms with van der Waals surface area (Å²) in [5, 5.41) is 0. The van der Waals surface area contributed by atoms with E-state index >= 15 is 0 Å². The van der Waals surface area contributed by atoms with Crippen molar-refractivity contribution in [3.63, 3.8) is 0 Å². The highest BCUT2D eigenvalue weighted by molar-refractivity contribution is 7.80. The molecular formula is C14H19NO2S. The minimum Gasteiger partial charge on any atom is -0.381 e. The number of hydrogen-bond donors (Lipinski definition) is 1. The van der Waals surface area contributed by atoms with Crippen LogP contribution in [0.15, 0.2) is 29.2 Å². The second-order valence-electron chi connectivity index (χ2n) is 4.82. The number of benzene rings is 1. The van der Waals surface area contributed by atoms with Crippen molar-refractivity contribution in [2.45, 2.75) is 17.7 Å². The number of ether oxygens (including phenoxy) is 1. The second-order valence-corrected chi connectivity index (χ2v) is 5.34. The van der Waals surface area contributed by atoms with Gasteiger partial charge in [-0.1, -0.05) is 6.07 Å². The van der Waals surface area contributed by atoms with Crippen molar-refractivity contribution in [3.8, 4) is 0 Å². The molecule has 1 aromatic carbocycles. The number of carbonyl (C=O) groups is 1. The van der Waals surface area contributed by atoms with Crippen LogP contribution in [0.4, 0.5) is 0 Å². The minimum absolute atomic E-state index is 0.0523. The molecule has 18 heavy (non-hydrogen) atoms. The van der Waals surface area contributed by atoms with Crippen LogP contribution < -0.4 is 0 Å². The number of hydrogen-bond acceptors (Lipinski definition) is 3. The van der Waals surface area contributed by atoms with Gasteiger partial charge in [0.2, 0.25) is 0 Å². The molecule has 3 nitrogen and oxygen atoms in total.